The first kappa shape index (κ1) is 16.7. The van der Waals surface area contributed by atoms with Crippen LogP contribution in [0.15, 0.2) is 43.0 Å². The minimum Gasteiger partial charge on any atom is -0.353 e. The van der Waals surface area contributed by atoms with Crippen LogP contribution in [0.5, 0.6) is 0 Å². The number of nitrogens with zero attached hydrogens (tertiary/aromatic N) is 1. The van der Waals surface area contributed by atoms with Gasteiger partial charge < -0.3 is 10.6 Å². The zero-order valence-electron chi connectivity index (χ0n) is 13.0. The van der Waals surface area contributed by atoms with Crippen molar-refractivity contribution in [2.24, 2.45) is 0 Å². The van der Waals surface area contributed by atoms with Crippen LogP contribution in [-0.4, -0.2) is 41.9 Å². The molecule has 6 nitrogen and oxygen atoms in total. The zero-order valence-corrected chi connectivity index (χ0v) is 13.0. The predicted octanol–water partition coefficient (Wildman–Crippen LogP) is 1.23. The summed E-state index contributed by atoms with van der Waals surface area (Å²) in [6, 6.07) is 8.68. The Morgan fingerprint density at radius 1 is 1.30 bits per heavy atom. The Kier molecular flexibility index (Phi) is 5.91. The standard InChI is InChI=1S/C17H21N3O3/c1-2-11-18-15(21)9-8-14-16(22)20(17(23)19-14)12-10-13-6-4-3-5-7-13/h2-7,14H,1,8-12H2,(H,18,21)(H,19,23)/t14-/m0/s1. The molecule has 1 aliphatic heterocycles. The van der Waals surface area contributed by atoms with Gasteiger partial charge in [0.1, 0.15) is 6.04 Å². The highest BCUT2D eigenvalue weighted by atomic mass is 16.2. The van der Waals surface area contributed by atoms with Gasteiger partial charge >= 0.3 is 6.03 Å². The van der Waals surface area contributed by atoms with Gasteiger partial charge in [-0.15, -0.1) is 6.58 Å². The van der Waals surface area contributed by atoms with Gasteiger partial charge in [0, 0.05) is 19.5 Å². The molecular formula is C17H21N3O3. The summed E-state index contributed by atoms with van der Waals surface area (Å²) >= 11 is 0. The molecule has 23 heavy (non-hydrogen) atoms. The summed E-state index contributed by atoms with van der Waals surface area (Å²) in [7, 11) is 0. The SMILES string of the molecule is C=CCNC(=O)CC[C@@H]1NC(=O)N(CCc2ccccc2)C1=O. The van der Waals surface area contributed by atoms with Crippen LogP contribution in [0, 0.1) is 0 Å². The minimum atomic E-state index is -0.618. The van der Waals surface area contributed by atoms with E-state index in [-0.39, 0.29) is 24.3 Å². The lowest BCUT2D eigenvalue weighted by atomic mass is 10.1. The van der Waals surface area contributed by atoms with Gasteiger partial charge in [0.15, 0.2) is 0 Å². The quantitative estimate of drug-likeness (QED) is 0.559. The van der Waals surface area contributed by atoms with E-state index in [9.17, 15) is 14.4 Å². The van der Waals surface area contributed by atoms with Crippen LogP contribution in [-0.2, 0) is 16.0 Å². The highest BCUT2D eigenvalue weighted by molar-refractivity contribution is 6.04. The largest absolute Gasteiger partial charge is 0.353 e. The van der Waals surface area contributed by atoms with E-state index < -0.39 is 6.04 Å². The van der Waals surface area contributed by atoms with E-state index in [1.54, 1.807) is 6.08 Å². The maximum atomic E-state index is 12.3. The normalized spacial score (nSPS) is 17.0. The minimum absolute atomic E-state index is 0.158. The number of rotatable bonds is 8. The number of benzene rings is 1. The third-order valence-electron chi connectivity index (χ3n) is 3.68. The van der Waals surface area contributed by atoms with Gasteiger partial charge in [-0.2, -0.15) is 0 Å². The Bertz CT molecular complexity index is 586. The highest BCUT2D eigenvalue weighted by Crippen LogP contribution is 2.12. The van der Waals surface area contributed by atoms with Crippen molar-refractivity contribution < 1.29 is 14.4 Å². The van der Waals surface area contributed by atoms with Crippen molar-refractivity contribution in [3.05, 3.63) is 48.6 Å². The zero-order chi connectivity index (χ0) is 16.7. The van der Waals surface area contributed by atoms with Crippen LogP contribution in [0.4, 0.5) is 4.79 Å². The summed E-state index contributed by atoms with van der Waals surface area (Å²) in [5.74, 6) is -0.419. The number of nitrogens with one attached hydrogen (secondary N) is 2. The Hall–Kier alpha value is -2.63. The molecule has 0 aromatic heterocycles. The monoisotopic (exact) mass is 315 g/mol. The van der Waals surface area contributed by atoms with Gasteiger partial charge in [-0.3, -0.25) is 14.5 Å². The fraction of sp³-hybridized carbons (Fsp3) is 0.353. The summed E-state index contributed by atoms with van der Waals surface area (Å²) < 4.78 is 0. The highest BCUT2D eigenvalue weighted by Gasteiger charge is 2.37. The molecule has 4 amide bonds. The fourth-order valence-electron chi connectivity index (χ4n) is 2.42. The average Bonchev–Trinajstić information content (AvgIpc) is 2.84. The van der Waals surface area contributed by atoms with Crippen molar-refractivity contribution in [3.63, 3.8) is 0 Å². The molecule has 0 unspecified atom stereocenters. The fourth-order valence-corrected chi connectivity index (χ4v) is 2.42. The molecule has 1 fully saturated rings. The lowest BCUT2D eigenvalue weighted by Gasteiger charge is -2.13. The number of amides is 4. The Morgan fingerprint density at radius 3 is 2.74 bits per heavy atom. The Labute approximate surface area is 135 Å². The second kappa shape index (κ2) is 8.12. The van der Waals surface area contributed by atoms with Crippen molar-refractivity contribution >= 4 is 17.8 Å². The van der Waals surface area contributed by atoms with Crippen molar-refractivity contribution in [2.75, 3.05) is 13.1 Å². The van der Waals surface area contributed by atoms with Crippen LogP contribution in [0.2, 0.25) is 0 Å². The van der Waals surface area contributed by atoms with Crippen LogP contribution >= 0.6 is 0 Å². The molecule has 1 aliphatic rings. The molecule has 0 radical (unpaired) electrons. The molecular weight excluding hydrogens is 294 g/mol. The van der Waals surface area contributed by atoms with Crippen LogP contribution in [0.3, 0.4) is 0 Å². The molecule has 1 atom stereocenters. The summed E-state index contributed by atoms with van der Waals surface area (Å²) in [5, 5.41) is 5.28. The smallest absolute Gasteiger partial charge is 0.324 e. The number of hydrogen-bond acceptors (Lipinski definition) is 3. The summed E-state index contributed by atoms with van der Waals surface area (Å²) in [4.78, 5) is 36.9. The maximum absolute atomic E-state index is 12.3. The van der Waals surface area contributed by atoms with Crippen LogP contribution < -0.4 is 10.6 Å². The number of hydrogen-bond donors (Lipinski definition) is 2. The maximum Gasteiger partial charge on any atom is 0.324 e. The molecule has 1 saturated heterocycles. The molecule has 0 spiro atoms. The van der Waals surface area contributed by atoms with E-state index in [0.29, 0.717) is 25.9 Å². The topological polar surface area (TPSA) is 78.5 Å². The second-order valence-electron chi connectivity index (χ2n) is 5.36. The molecule has 0 saturated carbocycles. The number of carbonyl (C=O) groups excluding carboxylic acids is 3. The lowest BCUT2D eigenvalue weighted by molar-refractivity contribution is -0.127. The number of urea groups is 1. The first-order chi connectivity index (χ1) is 11.1. The van der Waals surface area contributed by atoms with E-state index in [4.69, 9.17) is 0 Å². The van der Waals surface area contributed by atoms with Gasteiger partial charge in [0.2, 0.25) is 5.91 Å². The number of carbonyl (C=O) groups is 3. The van der Waals surface area contributed by atoms with Crippen LogP contribution in [0.1, 0.15) is 18.4 Å². The molecule has 2 rings (SSSR count). The Balaban J connectivity index is 1.82. The Morgan fingerprint density at radius 2 is 2.04 bits per heavy atom. The van der Waals surface area contributed by atoms with E-state index >= 15 is 0 Å². The van der Waals surface area contributed by atoms with Crippen molar-refractivity contribution in [1.29, 1.82) is 0 Å². The van der Waals surface area contributed by atoms with E-state index in [1.165, 1.54) is 4.90 Å². The van der Waals surface area contributed by atoms with Gasteiger partial charge in [0.05, 0.1) is 0 Å². The van der Waals surface area contributed by atoms with Crippen molar-refractivity contribution in [2.45, 2.75) is 25.3 Å². The molecule has 6 heteroatoms. The summed E-state index contributed by atoms with van der Waals surface area (Å²) in [6.45, 7) is 4.25. The third kappa shape index (κ3) is 4.67. The van der Waals surface area contributed by atoms with Crippen molar-refractivity contribution in [3.8, 4) is 0 Å². The molecule has 2 N–H and O–H groups in total. The van der Waals surface area contributed by atoms with Crippen LogP contribution in [0.25, 0.3) is 0 Å². The van der Waals surface area contributed by atoms with E-state index in [1.807, 2.05) is 30.3 Å². The second-order valence-corrected chi connectivity index (χ2v) is 5.36. The number of imide groups is 1. The summed E-state index contributed by atoms with van der Waals surface area (Å²) in [5.41, 5.74) is 1.07. The van der Waals surface area contributed by atoms with Gasteiger partial charge in [-0.05, 0) is 18.4 Å². The first-order valence-corrected chi connectivity index (χ1v) is 7.65. The molecule has 1 heterocycles. The third-order valence-corrected chi connectivity index (χ3v) is 3.68. The molecule has 0 bridgehead atoms. The van der Waals surface area contributed by atoms with Gasteiger partial charge in [0.25, 0.3) is 5.91 Å². The van der Waals surface area contributed by atoms with E-state index in [0.717, 1.165) is 5.56 Å². The van der Waals surface area contributed by atoms with E-state index in [2.05, 4.69) is 17.2 Å². The molecule has 122 valence electrons. The molecule has 0 aliphatic carbocycles. The summed E-state index contributed by atoms with van der Waals surface area (Å²) in [6.07, 6.45) is 2.70. The van der Waals surface area contributed by atoms with Gasteiger partial charge in [-0.1, -0.05) is 36.4 Å². The lowest BCUT2D eigenvalue weighted by Crippen LogP contribution is -2.34. The predicted molar refractivity (Wildman–Crippen MR) is 86.6 cm³/mol. The van der Waals surface area contributed by atoms with Gasteiger partial charge in [-0.25, -0.2) is 4.79 Å². The average molecular weight is 315 g/mol. The molecule has 1 aromatic carbocycles. The molecule has 1 aromatic rings. The first-order valence-electron chi connectivity index (χ1n) is 7.65. The van der Waals surface area contributed by atoms with Crippen molar-refractivity contribution in [1.82, 2.24) is 15.5 Å².